The molecule has 0 bridgehead atoms. The molecule has 386 valence electrons. The van der Waals surface area contributed by atoms with Crippen LogP contribution in [0.15, 0.2) is 11.6 Å². The predicted molar refractivity (Wildman–Crippen MR) is 233 cm³/mol. The summed E-state index contributed by atoms with van der Waals surface area (Å²) in [6.45, 7) is 10.8. The summed E-state index contributed by atoms with van der Waals surface area (Å²) in [5.74, 6) is 0.357. The molecule has 19 nitrogen and oxygen atoms in total. The molecule has 8 fully saturated rings. The van der Waals surface area contributed by atoms with Gasteiger partial charge < -0.3 is 83.1 Å². The molecule has 19 heteroatoms. The fraction of sp³-hybridized carbons (Fsp3) is 0.918. The predicted octanol–water partition coefficient (Wildman–Crippen LogP) is 1.64. The van der Waals surface area contributed by atoms with E-state index in [2.05, 4.69) is 13.8 Å². The summed E-state index contributed by atoms with van der Waals surface area (Å²) in [6.07, 6.45) is -7.65. The Morgan fingerprint density at radius 1 is 0.706 bits per heavy atom. The molecule has 0 amide bonds. The molecule has 0 aromatic carbocycles. The zero-order valence-corrected chi connectivity index (χ0v) is 40.2. The van der Waals surface area contributed by atoms with Gasteiger partial charge in [-0.05, 0) is 113 Å². The maximum atomic E-state index is 12.6. The summed E-state index contributed by atoms with van der Waals surface area (Å²) < 4.78 is 60.2. The molecular formula is C49H76O19. The van der Waals surface area contributed by atoms with Crippen LogP contribution in [-0.4, -0.2) is 177 Å². The Balaban J connectivity index is 0.746. The van der Waals surface area contributed by atoms with E-state index in [-0.39, 0.29) is 54.0 Å². The second-order valence-electron chi connectivity index (χ2n) is 22.1. The zero-order chi connectivity index (χ0) is 48.6. The Hall–Kier alpha value is -1.92. The number of hydrogen-bond acceptors (Lipinski definition) is 19. The number of aliphatic hydroxyl groups is 7. The minimum Gasteiger partial charge on any atom is -0.459 e. The van der Waals surface area contributed by atoms with Crippen LogP contribution in [0.1, 0.15) is 119 Å². The number of cyclic esters (lactones) is 1. The Morgan fingerprint density at radius 2 is 1.34 bits per heavy atom. The lowest BCUT2D eigenvalue weighted by atomic mass is 9.43. The first-order valence-corrected chi connectivity index (χ1v) is 25.2. The molecule has 0 aromatic rings. The third-order valence-corrected chi connectivity index (χ3v) is 18.3. The number of carbonyl (C=O) groups excluding carboxylic acids is 2. The third kappa shape index (κ3) is 9.36. The molecule has 9 aliphatic rings. The SMILES string of the molecule is CC(=O)OC1CC(OC2C(O)CC(OC3C(O)CC(OC4CC[C@@]5(C)C(CCC6C5CC[C@]5(C)C(C7=CC(=O)OC7)CCC65O)C4)OC3C)OC2C)OC(C)C1OC1OC(CO)C(O)C(O)C1O. The highest BCUT2D eigenvalue weighted by molar-refractivity contribution is 5.85. The van der Waals surface area contributed by atoms with Gasteiger partial charge in [-0.3, -0.25) is 4.79 Å². The normalized spacial score (nSPS) is 52.8. The van der Waals surface area contributed by atoms with E-state index in [4.69, 9.17) is 47.4 Å². The maximum absolute atomic E-state index is 12.6. The van der Waals surface area contributed by atoms with Gasteiger partial charge in [0.2, 0.25) is 0 Å². The molecule has 5 heterocycles. The fourth-order valence-corrected chi connectivity index (χ4v) is 14.6. The van der Waals surface area contributed by atoms with Crippen LogP contribution in [0.3, 0.4) is 0 Å². The molecule has 0 radical (unpaired) electrons. The molecule has 0 spiro atoms. The van der Waals surface area contributed by atoms with E-state index in [0.717, 1.165) is 63.4 Å². The molecule has 23 unspecified atom stereocenters. The number of rotatable bonds is 11. The maximum Gasteiger partial charge on any atom is 0.331 e. The van der Waals surface area contributed by atoms with E-state index in [9.17, 15) is 45.3 Å². The van der Waals surface area contributed by atoms with Crippen molar-refractivity contribution in [2.45, 2.75) is 235 Å². The Bertz CT molecular complexity index is 1810. The lowest BCUT2D eigenvalue weighted by molar-refractivity contribution is -0.355. The van der Waals surface area contributed by atoms with Crippen LogP contribution in [-0.2, 0) is 57.0 Å². The highest BCUT2D eigenvalue weighted by atomic mass is 16.8. The van der Waals surface area contributed by atoms with Crippen LogP contribution < -0.4 is 0 Å². The van der Waals surface area contributed by atoms with Crippen molar-refractivity contribution in [3.63, 3.8) is 0 Å². The van der Waals surface area contributed by atoms with Crippen molar-refractivity contribution in [2.75, 3.05) is 13.2 Å². The average Bonchev–Trinajstić information content (AvgIpc) is 3.83. The summed E-state index contributed by atoms with van der Waals surface area (Å²) in [4.78, 5) is 24.2. The minimum atomic E-state index is -1.68. The van der Waals surface area contributed by atoms with Gasteiger partial charge in [-0.15, -0.1) is 0 Å². The Kier molecular flexibility index (Phi) is 14.9. The van der Waals surface area contributed by atoms with Gasteiger partial charge in [-0.1, -0.05) is 13.8 Å². The van der Waals surface area contributed by atoms with Crippen LogP contribution in [0.25, 0.3) is 0 Å². The highest BCUT2D eigenvalue weighted by Gasteiger charge is 2.68. The molecule has 4 saturated carbocycles. The quantitative estimate of drug-likeness (QED) is 0.115. The number of carbonyl (C=O) groups is 2. The second kappa shape index (κ2) is 19.8. The van der Waals surface area contributed by atoms with Gasteiger partial charge in [0.05, 0.1) is 48.8 Å². The third-order valence-electron chi connectivity index (χ3n) is 18.3. The summed E-state index contributed by atoms with van der Waals surface area (Å²) in [7, 11) is 0. The lowest BCUT2D eigenvalue weighted by Crippen LogP contribution is -2.62. The van der Waals surface area contributed by atoms with Crippen molar-refractivity contribution in [3.05, 3.63) is 11.6 Å². The standard InChI is InChI=1S/C49H76O19/c1-22-43(66-38-18-33(53)44(23(2)61-38)67-39-19-34(63-25(4)51)45(24(3)62-39)68-46-42(57)41(56)40(55)35(20-50)65-46)32(52)17-37(60-22)64-28-9-12-47(5)27(16-28)7-8-31-30(47)10-13-48(6)29(11-14-49(31,48)58)26-15-36(54)59-21-26/h15,22-24,27-35,37-46,50,52-53,55-58H,7-14,16-21H2,1-6H3/t22?,23?,24?,27?,28?,29?,30?,31?,32?,33?,34?,35?,37?,38?,39?,40?,41?,42?,43?,44?,45?,46?,47-,48+,49?/m0/s1. The number of ether oxygens (including phenoxy) is 10. The molecule has 0 aromatic heterocycles. The van der Waals surface area contributed by atoms with Gasteiger partial charge in [0.15, 0.2) is 25.2 Å². The largest absolute Gasteiger partial charge is 0.459 e. The van der Waals surface area contributed by atoms with Crippen molar-refractivity contribution < 1.29 is 92.7 Å². The van der Waals surface area contributed by atoms with Crippen molar-refractivity contribution in [1.29, 1.82) is 0 Å². The van der Waals surface area contributed by atoms with Crippen molar-refractivity contribution in [3.8, 4) is 0 Å². The fourth-order valence-electron chi connectivity index (χ4n) is 14.6. The van der Waals surface area contributed by atoms with E-state index in [1.54, 1.807) is 19.9 Å². The Morgan fingerprint density at radius 3 is 1.94 bits per heavy atom. The van der Waals surface area contributed by atoms with Crippen LogP contribution >= 0.6 is 0 Å². The summed E-state index contributed by atoms with van der Waals surface area (Å²) >= 11 is 0. The molecule has 5 aliphatic heterocycles. The number of esters is 2. The first-order chi connectivity index (χ1) is 32.2. The van der Waals surface area contributed by atoms with Gasteiger partial charge in [0.1, 0.15) is 55.4 Å². The smallest absolute Gasteiger partial charge is 0.331 e. The summed E-state index contributed by atoms with van der Waals surface area (Å²) in [6, 6.07) is 0. The first kappa shape index (κ1) is 51.0. The van der Waals surface area contributed by atoms with Crippen molar-refractivity contribution in [1.82, 2.24) is 0 Å². The summed E-state index contributed by atoms with van der Waals surface area (Å²) in [5.41, 5.74) is 0.0925. The number of fused-ring (bicyclic) bond motifs is 5. The minimum absolute atomic E-state index is 0.0126. The Labute approximate surface area is 398 Å². The molecule has 25 atom stereocenters. The van der Waals surface area contributed by atoms with E-state index >= 15 is 0 Å². The number of aliphatic hydroxyl groups excluding tert-OH is 6. The second-order valence-corrected chi connectivity index (χ2v) is 22.1. The van der Waals surface area contributed by atoms with E-state index in [1.165, 1.54) is 6.92 Å². The molecule has 9 rings (SSSR count). The van der Waals surface area contributed by atoms with Crippen LogP contribution in [0.5, 0.6) is 0 Å². The molecule has 7 N–H and O–H groups in total. The van der Waals surface area contributed by atoms with Crippen molar-refractivity contribution in [2.24, 2.45) is 34.5 Å². The van der Waals surface area contributed by atoms with Gasteiger partial charge in [0.25, 0.3) is 0 Å². The van der Waals surface area contributed by atoms with Gasteiger partial charge in [-0.2, -0.15) is 0 Å². The van der Waals surface area contributed by atoms with Gasteiger partial charge in [0, 0.05) is 37.7 Å². The van der Waals surface area contributed by atoms with Crippen LogP contribution in [0.4, 0.5) is 0 Å². The molecule has 68 heavy (non-hydrogen) atoms. The van der Waals surface area contributed by atoms with Crippen molar-refractivity contribution >= 4 is 11.9 Å². The first-order valence-electron chi connectivity index (χ1n) is 25.2. The van der Waals surface area contributed by atoms with Crippen LogP contribution in [0.2, 0.25) is 0 Å². The molecule has 4 aliphatic carbocycles. The van der Waals surface area contributed by atoms with E-state index in [0.29, 0.717) is 18.4 Å². The zero-order valence-electron chi connectivity index (χ0n) is 40.2. The van der Waals surface area contributed by atoms with E-state index in [1.807, 2.05) is 6.92 Å². The highest BCUT2D eigenvalue weighted by Crippen LogP contribution is 2.70. The average molecular weight is 969 g/mol. The summed E-state index contributed by atoms with van der Waals surface area (Å²) in [5, 5.41) is 76.1. The molecular weight excluding hydrogens is 893 g/mol. The number of hydrogen-bond donors (Lipinski definition) is 7. The van der Waals surface area contributed by atoms with E-state index < -0.39 is 123 Å². The van der Waals surface area contributed by atoms with Gasteiger partial charge in [-0.25, -0.2) is 4.79 Å². The molecule has 4 saturated heterocycles. The monoisotopic (exact) mass is 968 g/mol. The topological polar surface area (TPSA) is 268 Å². The van der Waals surface area contributed by atoms with Crippen LogP contribution in [0, 0.1) is 34.5 Å². The van der Waals surface area contributed by atoms with Gasteiger partial charge >= 0.3 is 11.9 Å². The lowest BCUT2D eigenvalue weighted by Gasteiger charge is -2.64.